The molecule has 1 aliphatic heterocycles. The molecular weight excluding hydrogens is 236 g/mol. The van der Waals surface area contributed by atoms with Gasteiger partial charge < -0.3 is 9.47 Å². The zero-order chi connectivity index (χ0) is 13.4. The number of allylic oxidation sites excluding steroid dienone is 2. The average molecular weight is 252 g/mol. The molecule has 0 saturated carbocycles. The van der Waals surface area contributed by atoms with Crippen molar-refractivity contribution in [1.29, 1.82) is 0 Å². The minimum Gasteiger partial charge on any atom is -0.497 e. The fourth-order valence-corrected chi connectivity index (χ4v) is 2.41. The van der Waals surface area contributed by atoms with E-state index in [0.717, 1.165) is 28.4 Å². The van der Waals surface area contributed by atoms with Gasteiger partial charge in [-0.25, -0.2) is 0 Å². The van der Waals surface area contributed by atoms with Crippen LogP contribution in [-0.4, -0.2) is 7.11 Å². The Hall–Kier alpha value is -2.22. The summed E-state index contributed by atoms with van der Waals surface area (Å²) in [6, 6.07) is 14.1. The molecule has 0 atom stereocenters. The van der Waals surface area contributed by atoms with E-state index in [9.17, 15) is 0 Å². The number of ether oxygens (including phenoxy) is 2. The van der Waals surface area contributed by atoms with Crippen molar-refractivity contribution in [2.75, 3.05) is 7.11 Å². The summed E-state index contributed by atoms with van der Waals surface area (Å²) >= 11 is 0. The van der Waals surface area contributed by atoms with Crippen LogP contribution in [0.3, 0.4) is 0 Å². The van der Waals surface area contributed by atoms with Gasteiger partial charge in [0.25, 0.3) is 0 Å². The normalized spacial score (nSPS) is 13.2. The van der Waals surface area contributed by atoms with Crippen molar-refractivity contribution < 1.29 is 9.47 Å². The lowest BCUT2D eigenvalue weighted by molar-refractivity contribution is 0.412. The van der Waals surface area contributed by atoms with Gasteiger partial charge in [-0.3, -0.25) is 0 Å². The molecule has 0 fully saturated rings. The third kappa shape index (κ3) is 1.89. The van der Waals surface area contributed by atoms with Gasteiger partial charge in [0.1, 0.15) is 17.2 Å². The Bertz CT molecular complexity index is 669. The van der Waals surface area contributed by atoms with Crippen molar-refractivity contribution in [3.63, 3.8) is 0 Å². The van der Waals surface area contributed by atoms with Gasteiger partial charge in [0.2, 0.25) is 0 Å². The second-order valence-corrected chi connectivity index (χ2v) is 4.71. The highest BCUT2D eigenvalue weighted by Crippen LogP contribution is 2.42. The molecule has 0 amide bonds. The van der Waals surface area contributed by atoms with E-state index in [0.29, 0.717) is 0 Å². The van der Waals surface area contributed by atoms with Gasteiger partial charge in [-0.15, -0.1) is 0 Å². The van der Waals surface area contributed by atoms with Gasteiger partial charge in [0, 0.05) is 11.1 Å². The van der Waals surface area contributed by atoms with E-state index < -0.39 is 0 Å². The molecule has 0 unspecified atom stereocenters. The number of fused-ring (bicyclic) bond motifs is 2. The van der Waals surface area contributed by atoms with Crippen molar-refractivity contribution in [3.8, 4) is 17.2 Å². The fraction of sp³-hybridized carbons (Fsp3) is 0.176. The lowest BCUT2D eigenvalue weighted by Gasteiger charge is -2.10. The number of hydrogen-bond donors (Lipinski definition) is 0. The topological polar surface area (TPSA) is 18.5 Å². The summed E-state index contributed by atoms with van der Waals surface area (Å²) in [5.74, 6) is 2.63. The molecule has 0 spiro atoms. The Morgan fingerprint density at radius 1 is 0.842 bits per heavy atom. The maximum Gasteiger partial charge on any atom is 0.135 e. The van der Waals surface area contributed by atoms with Crippen LogP contribution in [0.4, 0.5) is 0 Å². The zero-order valence-corrected chi connectivity index (χ0v) is 11.4. The second-order valence-electron chi connectivity index (χ2n) is 4.71. The SMILES string of the molecule is COc1ccc2c(c1)C(C)=C(C)c1ccccc1O2. The lowest BCUT2D eigenvalue weighted by atomic mass is 9.97. The van der Waals surface area contributed by atoms with Crippen LogP contribution in [0.1, 0.15) is 25.0 Å². The molecule has 2 aromatic carbocycles. The molecule has 2 aromatic rings. The summed E-state index contributed by atoms with van der Waals surface area (Å²) in [4.78, 5) is 0. The van der Waals surface area contributed by atoms with Crippen molar-refractivity contribution in [2.45, 2.75) is 13.8 Å². The molecule has 2 nitrogen and oxygen atoms in total. The van der Waals surface area contributed by atoms with E-state index in [2.05, 4.69) is 19.9 Å². The van der Waals surface area contributed by atoms with Gasteiger partial charge in [-0.05, 0) is 49.3 Å². The highest BCUT2D eigenvalue weighted by Gasteiger charge is 2.18. The first-order valence-corrected chi connectivity index (χ1v) is 6.34. The fourth-order valence-electron chi connectivity index (χ4n) is 2.41. The summed E-state index contributed by atoms with van der Waals surface area (Å²) in [5, 5.41) is 0. The number of benzene rings is 2. The zero-order valence-electron chi connectivity index (χ0n) is 11.4. The van der Waals surface area contributed by atoms with E-state index in [4.69, 9.17) is 9.47 Å². The Labute approximate surface area is 113 Å². The first-order chi connectivity index (χ1) is 9.20. The van der Waals surface area contributed by atoms with Crippen molar-refractivity contribution in [3.05, 3.63) is 53.6 Å². The molecule has 96 valence electrons. The van der Waals surface area contributed by atoms with E-state index in [1.54, 1.807) is 7.11 Å². The highest BCUT2D eigenvalue weighted by atomic mass is 16.5. The van der Waals surface area contributed by atoms with Crippen LogP contribution in [-0.2, 0) is 0 Å². The van der Waals surface area contributed by atoms with Crippen molar-refractivity contribution >= 4 is 11.1 Å². The molecule has 0 N–H and O–H groups in total. The Morgan fingerprint density at radius 2 is 1.53 bits per heavy atom. The van der Waals surface area contributed by atoms with Crippen LogP contribution < -0.4 is 9.47 Å². The number of hydrogen-bond acceptors (Lipinski definition) is 2. The predicted octanol–water partition coefficient (Wildman–Crippen LogP) is 4.75. The standard InChI is InChI=1S/C17H16O2/c1-11-12(2)15-10-13(18-3)8-9-17(15)19-16-7-5-4-6-14(11)16/h4-10H,1-3H3. The smallest absolute Gasteiger partial charge is 0.135 e. The molecule has 3 rings (SSSR count). The summed E-state index contributed by atoms with van der Waals surface area (Å²) in [6.07, 6.45) is 0. The molecular formula is C17H16O2. The van der Waals surface area contributed by atoms with Gasteiger partial charge in [-0.2, -0.15) is 0 Å². The van der Waals surface area contributed by atoms with E-state index in [1.807, 2.05) is 36.4 Å². The van der Waals surface area contributed by atoms with Crippen LogP contribution in [0, 0.1) is 0 Å². The van der Waals surface area contributed by atoms with Gasteiger partial charge in [-0.1, -0.05) is 18.2 Å². The predicted molar refractivity (Wildman–Crippen MR) is 77.7 cm³/mol. The minimum absolute atomic E-state index is 0.848. The average Bonchev–Trinajstić information content (AvgIpc) is 2.56. The minimum atomic E-state index is 0.848. The number of methoxy groups -OCH3 is 1. The third-order valence-electron chi connectivity index (χ3n) is 3.66. The summed E-state index contributed by atoms with van der Waals surface area (Å²) in [6.45, 7) is 4.26. The van der Waals surface area contributed by atoms with Crippen molar-refractivity contribution in [2.24, 2.45) is 0 Å². The molecule has 1 heterocycles. The Morgan fingerprint density at radius 3 is 2.32 bits per heavy atom. The monoisotopic (exact) mass is 252 g/mol. The summed E-state index contributed by atoms with van der Waals surface area (Å²) < 4.78 is 11.3. The van der Waals surface area contributed by atoms with Crippen LogP contribution in [0.25, 0.3) is 11.1 Å². The lowest BCUT2D eigenvalue weighted by Crippen LogP contribution is -1.90. The number of rotatable bonds is 1. The van der Waals surface area contributed by atoms with Gasteiger partial charge >= 0.3 is 0 Å². The first-order valence-electron chi connectivity index (χ1n) is 6.34. The molecule has 2 heteroatoms. The first kappa shape index (κ1) is 11.8. The molecule has 0 saturated heterocycles. The highest BCUT2D eigenvalue weighted by molar-refractivity contribution is 5.93. The van der Waals surface area contributed by atoms with Crippen LogP contribution in [0.5, 0.6) is 17.2 Å². The maximum absolute atomic E-state index is 6.05. The largest absolute Gasteiger partial charge is 0.497 e. The maximum atomic E-state index is 6.05. The Balaban J connectivity index is 2.27. The van der Waals surface area contributed by atoms with E-state index >= 15 is 0 Å². The van der Waals surface area contributed by atoms with Crippen LogP contribution >= 0.6 is 0 Å². The molecule has 0 aliphatic carbocycles. The third-order valence-corrected chi connectivity index (χ3v) is 3.66. The summed E-state index contributed by atoms with van der Waals surface area (Å²) in [7, 11) is 1.68. The second kappa shape index (κ2) is 4.47. The van der Waals surface area contributed by atoms with Crippen LogP contribution in [0.15, 0.2) is 42.5 Å². The summed E-state index contributed by atoms with van der Waals surface area (Å²) in [5.41, 5.74) is 4.70. The molecule has 19 heavy (non-hydrogen) atoms. The quantitative estimate of drug-likeness (QED) is 0.729. The molecule has 0 aromatic heterocycles. The molecule has 1 aliphatic rings. The van der Waals surface area contributed by atoms with Gasteiger partial charge in [0.05, 0.1) is 7.11 Å². The van der Waals surface area contributed by atoms with E-state index in [-0.39, 0.29) is 0 Å². The molecule has 0 radical (unpaired) electrons. The molecule has 0 bridgehead atoms. The van der Waals surface area contributed by atoms with E-state index in [1.165, 1.54) is 11.1 Å². The van der Waals surface area contributed by atoms with Gasteiger partial charge in [0.15, 0.2) is 0 Å². The van der Waals surface area contributed by atoms with Crippen molar-refractivity contribution in [1.82, 2.24) is 0 Å². The Kier molecular flexibility index (Phi) is 2.79. The number of para-hydroxylation sites is 1. The van der Waals surface area contributed by atoms with Crippen LogP contribution in [0.2, 0.25) is 0 Å².